The fourth-order valence-corrected chi connectivity index (χ4v) is 8.11. The van der Waals surface area contributed by atoms with E-state index < -0.39 is 0 Å². The lowest BCUT2D eigenvalue weighted by Crippen LogP contribution is -2.13. The molecule has 266 valence electrons. The molecule has 2 N–H and O–H groups in total. The second kappa shape index (κ2) is 14.1. The number of rotatable bonds is 8. The first-order valence-electron chi connectivity index (χ1n) is 19.1. The van der Waals surface area contributed by atoms with Crippen LogP contribution in [0.5, 0.6) is 0 Å². The first-order chi connectivity index (χ1) is 27.7. The van der Waals surface area contributed by atoms with Gasteiger partial charge >= 0.3 is 0 Å². The zero-order valence-corrected chi connectivity index (χ0v) is 30.8. The van der Waals surface area contributed by atoms with Crippen LogP contribution < -0.4 is 5.73 Å². The maximum atomic E-state index is 6.85. The number of para-hydroxylation sites is 4. The van der Waals surface area contributed by atoms with Crippen LogP contribution >= 0.6 is 0 Å². The molecule has 4 heteroatoms. The summed E-state index contributed by atoms with van der Waals surface area (Å²) in [6, 6.07) is 70.8. The van der Waals surface area contributed by atoms with E-state index in [2.05, 4.69) is 185 Å². The van der Waals surface area contributed by atoms with E-state index in [1.165, 1.54) is 38.2 Å². The average Bonchev–Trinajstić information content (AvgIpc) is 3.79. The molecule has 56 heavy (non-hydrogen) atoms. The van der Waals surface area contributed by atoms with Crippen LogP contribution in [-0.2, 0) is 6.42 Å². The third kappa shape index (κ3) is 5.94. The highest BCUT2D eigenvalue weighted by atomic mass is 15.0. The number of hydrogen-bond acceptors (Lipinski definition) is 1. The SMILES string of the molecule is NC(=N/C(=C\Cc1ccc(-c2ccccc2)cc1)c1cc(-n2c3ccccc3c3ccccc32)cc(-n2c3ccccc3c3ccccc32)c1)c1ccccc1. The van der Waals surface area contributed by atoms with E-state index in [0.29, 0.717) is 12.3 Å². The third-order valence-corrected chi connectivity index (χ3v) is 10.8. The summed E-state index contributed by atoms with van der Waals surface area (Å²) in [6.07, 6.45) is 2.90. The molecule has 10 aromatic rings. The summed E-state index contributed by atoms with van der Waals surface area (Å²) in [5.41, 5.74) is 19.8. The number of hydrogen-bond donors (Lipinski definition) is 1. The van der Waals surface area contributed by atoms with Crippen molar-refractivity contribution in [2.75, 3.05) is 0 Å². The second-order valence-corrected chi connectivity index (χ2v) is 14.2. The highest BCUT2D eigenvalue weighted by Gasteiger charge is 2.18. The van der Waals surface area contributed by atoms with Crippen molar-refractivity contribution >= 4 is 55.1 Å². The Bertz CT molecular complexity index is 2850. The minimum atomic E-state index is 0.469. The normalized spacial score (nSPS) is 12.3. The van der Waals surface area contributed by atoms with Gasteiger partial charge in [-0.05, 0) is 65.6 Å². The molecule has 8 aromatic carbocycles. The zero-order chi connectivity index (χ0) is 37.4. The van der Waals surface area contributed by atoms with Gasteiger partial charge in [0.15, 0.2) is 0 Å². The van der Waals surface area contributed by atoms with E-state index in [0.717, 1.165) is 50.3 Å². The standard InChI is InChI=1S/C52H38N4/c53-52(39-17-5-2-6-18-39)54-47(32-29-36-27-30-38(31-28-36)37-15-3-1-4-16-37)40-33-41(55-48-23-11-7-19-43(48)44-20-8-12-24-49(44)55)35-42(34-40)56-50-25-13-9-21-45(50)46-22-10-14-26-51(46)56/h1-28,30-35H,29H2,(H2,53,54)/b47-32-. The summed E-state index contributed by atoms with van der Waals surface area (Å²) < 4.78 is 4.77. The molecule has 0 radical (unpaired) electrons. The molecular formula is C52H38N4. The van der Waals surface area contributed by atoms with Crippen LogP contribution in [0.4, 0.5) is 0 Å². The number of amidine groups is 1. The van der Waals surface area contributed by atoms with Gasteiger partial charge in [0, 0.05) is 44.0 Å². The topological polar surface area (TPSA) is 48.2 Å². The minimum absolute atomic E-state index is 0.469. The van der Waals surface area contributed by atoms with Crippen LogP contribution in [-0.4, -0.2) is 15.0 Å². The van der Waals surface area contributed by atoms with Crippen LogP contribution in [0.3, 0.4) is 0 Å². The quantitative estimate of drug-likeness (QED) is 0.123. The van der Waals surface area contributed by atoms with Gasteiger partial charge < -0.3 is 14.9 Å². The Balaban J connectivity index is 1.21. The molecule has 0 unspecified atom stereocenters. The Labute approximate surface area is 325 Å². The number of benzene rings is 8. The summed E-state index contributed by atoms with van der Waals surface area (Å²) in [5, 5.41) is 4.86. The predicted molar refractivity (Wildman–Crippen MR) is 236 cm³/mol. The number of allylic oxidation sites excluding steroid dienone is 1. The summed E-state index contributed by atoms with van der Waals surface area (Å²) in [6.45, 7) is 0. The van der Waals surface area contributed by atoms with Crippen LogP contribution in [0.2, 0.25) is 0 Å². The summed E-state index contributed by atoms with van der Waals surface area (Å²) >= 11 is 0. The molecule has 0 spiro atoms. The Morgan fingerprint density at radius 1 is 0.429 bits per heavy atom. The molecule has 10 rings (SSSR count). The highest BCUT2D eigenvalue weighted by Crippen LogP contribution is 2.37. The van der Waals surface area contributed by atoms with Crippen LogP contribution in [0.1, 0.15) is 16.7 Å². The molecule has 0 fully saturated rings. The van der Waals surface area contributed by atoms with Gasteiger partial charge in [-0.2, -0.15) is 0 Å². The van der Waals surface area contributed by atoms with Gasteiger partial charge in [0.05, 0.1) is 27.8 Å². The van der Waals surface area contributed by atoms with Crippen molar-refractivity contribution in [3.05, 3.63) is 223 Å². The maximum absolute atomic E-state index is 6.85. The second-order valence-electron chi connectivity index (χ2n) is 14.2. The van der Waals surface area contributed by atoms with Gasteiger partial charge in [0.25, 0.3) is 0 Å². The lowest BCUT2D eigenvalue weighted by atomic mass is 10.0. The van der Waals surface area contributed by atoms with Crippen molar-refractivity contribution in [3.8, 4) is 22.5 Å². The van der Waals surface area contributed by atoms with Gasteiger partial charge in [0.1, 0.15) is 5.84 Å². The Kier molecular flexibility index (Phi) is 8.34. The molecule has 0 aliphatic heterocycles. The fourth-order valence-electron chi connectivity index (χ4n) is 8.11. The number of nitrogens with zero attached hydrogens (tertiary/aromatic N) is 3. The van der Waals surface area contributed by atoms with Crippen molar-refractivity contribution in [2.45, 2.75) is 6.42 Å². The first-order valence-corrected chi connectivity index (χ1v) is 19.1. The predicted octanol–water partition coefficient (Wildman–Crippen LogP) is 12.5. The highest BCUT2D eigenvalue weighted by molar-refractivity contribution is 6.11. The summed E-state index contributed by atoms with van der Waals surface area (Å²) in [5.74, 6) is 0.469. The smallest absolute Gasteiger partial charge is 0.131 e. The van der Waals surface area contributed by atoms with Gasteiger partial charge in [-0.15, -0.1) is 0 Å². The molecule has 0 amide bonds. The van der Waals surface area contributed by atoms with Crippen LogP contribution in [0.25, 0.3) is 71.8 Å². The molecular weight excluding hydrogens is 681 g/mol. The molecule has 0 atom stereocenters. The van der Waals surface area contributed by atoms with E-state index in [1.54, 1.807) is 0 Å². The largest absolute Gasteiger partial charge is 0.383 e. The molecule has 2 aromatic heterocycles. The fraction of sp³-hybridized carbons (Fsp3) is 0.0192. The van der Waals surface area contributed by atoms with Gasteiger partial charge in [-0.25, -0.2) is 4.99 Å². The molecule has 0 saturated carbocycles. The number of fused-ring (bicyclic) bond motifs is 6. The Hall–Kier alpha value is -7.43. The van der Waals surface area contributed by atoms with E-state index >= 15 is 0 Å². The average molecular weight is 719 g/mol. The van der Waals surface area contributed by atoms with E-state index in [1.807, 2.05) is 30.3 Å². The van der Waals surface area contributed by atoms with E-state index in [4.69, 9.17) is 10.7 Å². The zero-order valence-electron chi connectivity index (χ0n) is 30.8. The lowest BCUT2D eigenvalue weighted by Gasteiger charge is -2.16. The van der Waals surface area contributed by atoms with Gasteiger partial charge in [-0.3, -0.25) is 0 Å². The third-order valence-electron chi connectivity index (χ3n) is 10.8. The summed E-state index contributed by atoms with van der Waals surface area (Å²) in [4.78, 5) is 5.23. The maximum Gasteiger partial charge on any atom is 0.131 e. The van der Waals surface area contributed by atoms with Gasteiger partial charge in [-0.1, -0.05) is 164 Å². The van der Waals surface area contributed by atoms with E-state index in [9.17, 15) is 0 Å². The molecule has 2 heterocycles. The minimum Gasteiger partial charge on any atom is -0.383 e. The number of aromatic nitrogens is 2. The molecule has 0 aliphatic rings. The van der Waals surface area contributed by atoms with Gasteiger partial charge in [0.2, 0.25) is 0 Å². The first kappa shape index (κ1) is 33.2. The molecule has 0 aliphatic carbocycles. The van der Waals surface area contributed by atoms with Crippen molar-refractivity contribution in [3.63, 3.8) is 0 Å². The van der Waals surface area contributed by atoms with Crippen molar-refractivity contribution < 1.29 is 0 Å². The van der Waals surface area contributed by atoms with E-state index in [-0.39, 0.29) is 0 Å². The van der Waals surface area contributed by atoms with Crippen LogP contribution in [0, 0.1) is 0 Å². The Morgan fingerprint density at radius 2 is 0.839 bits per heavy atom. The number of aliphatic imine (C=N–C) groups is 1. The Morgan fingerprint density at radius 3 is 1.32 bits per heavy atom. The molecule has 4 nitrogen and oxygen atoms in total. The lowest BCUT2D eigenvalue weighted by molar-refractivity contribution is 1.13. The van der Waals surface area contributed by atoms with Crippen molar-refractivity contribution in [1.82, 2.24) is 9.13 Å². The van der Waals surface area contributed by atoms with Crippen molar-refractivity contribution in [2.24, 2.45) is 10.7 Å². The number of nitrogens with two attached hydrogens (primary N) is 1. The molecule has 0 bridgehead atoms. The monoisotopic (exact) mass is 718 g/mol. The van der Waals surface area contributed by atoms with Crippen molar-refractivity contribution in [1.29, 1.82) is 0 Å². The summed E-state index contributed by atoms with van der Waals surface area (Å²) in [7, 11) is 0. The molecule has 0 saturated heterocycles. The van der Waals surface area contributed by atoms with Crippen LogP contribution in [0.15, 0.2) is 211 Å².